The molecule has 0 spiro atoms. The molecule has 7 heteroatoms. The van der Waals surface area contributed by atoms with Crippen LogP contribution < -0.4 is 5.32 Å². The van der Waals surface area contributed by atoms with Crippen molar-refractivity contribution in [2.24, 2.45) is 5.92 Å². The first-order valence-corrected chi connectivity index (χ1v) is 7.85. The maximum absolute atomic E-state index is 13.7. The Balaban J connectivity index is 2.01. The van der Waals surface area contributed by atoms with Gasteiger partial charge in [-0.2, -0.15) is 0 Å². The molecule has 0 aliphatic carbocycles. The smallest absolute Gasteiger partial charge is 0.256 e. The lowest BCUT2D eigenvalue weighted by atomic mass is 9.94. The second kappa shape index (κ2) is 6.83. The zero-order chi connectivity index (χ0) is 18.1. The number of hydrogen-bond donors (Lipinski definition) is 1. The molecule has 2 amide bonds. The highest BCUT2D eigenvalue weighted by Crippen LogP contribution is 2.22. The molecule has 4 nitrogen and oxygen atoms in total. The number of piperidine rings is 1. The molecule has 24 heavy (non-hydrogen) atoms. The Kier molecular flexibility index (Phi) is 5.20. The lowest BCUT2D eigenvalue weighted by molar-refractivity contribution is -0.127. The summed E-state index contributed by atoms with van der Waals surface area (Å²) in [5.41, 5.74) is -0.829. The summed E-state index contributed by atoms with van der Waals surface area (Å²) in [5.74, 6) is -5.45. The molecule has 0 radical (unpaired) electrons. The van der Waals surface area contributed by atoms with E-state index < -0.39 is 28.9 Å². The molecule has 0 atom stereocenters. The van der Waals surface area contributed by atoms with Crippen LogP contribution in [0.1, 0.15) is 44.0 Å². The third kappa shape index (κ3) is 4.07. The number of nitrogens with zero attached hydrogens (tertiary/aromatic N) is 1. The van der Waals surface area contributed by atoms with Crippen molar-refractivity contribution in [2.45, 2.75) is 39.2 Å². The van der Waals surface area contributed by atoms with Crippen LogP contribution in [0.15, 0.2) is 12.1 Å². The number of rotatable bonds is 2. The monoisotopic (exact) mass is 342 g/mol. The Bertz CT molecular complexity index is 648. The summed E-state index contributed by atoms with van der Waals surface area (Å²) >= 11 is 0. The predicted octanol–water partition coefficient (Wildman–Crippen LogP) is 2.87. The largest absolute Gasteiger partial charge is 0.351 e. The van der Waals surface area contributed by atoms with Gasteiger partial charge in [0.25, 0.3) is 5.91 Å². The second-order valence-electron chi connectivity index (χ2n) is 7.03. The molecule has 1 heterocycles. The Morgan fingerprint density at radius 3 is 2.21 bits per heavy atom. The van der Waals surface area contributed by atoms with Crippen LogP contribution in [0.25, 0.3) is 0 Å². The number of carbonyl (C=O) groups excluding carboxylic acids is 2. The molecule has 1 N–H and O–H groups in total. The Labute approximate surface area is 139 Å². The van der Waals surface area contributed by atoms with Gasteiger partial charge in [-0.05, 0) is 45.7 Å². The fourth-order valence-electron chi connectivity index (χ4n) is 2.68. The van der Waals surface area contributed by atoms with Crippen LogP contribution in [-0.4, -0.2) is 35.3 Å². The number of carbonyl (C=O) groups is 2. The van der Waals surface area contributed by atoms with Crippen LogP contribution in [0.3, 0.4) is 0 Å². The molecule has 1 aromatic rings. The van der Waals surface area contributed by atoms with Crippen LogP contribution >= 0.6 is 0 Å². The van der Waals surface area contributed by atoms with Crippen molar-refractivity contribution in [3.05, 3.63) is 35.1 Å². The zero-order valence-electron chi connectivity index (χ0n) is 14.0. The van der Waals surface area contributed by atoms with Gasteiger partial charge in [0.15, 0.2) is 17.5 Å². The lowest BCUT2D eigenvalue weighted by Gasteiger charge is -2.33. The summed E-state index contributed by atoms with van der Waals surface area (Å²) in [6.07, 6.45) is 0.887. The van der Waals surface area contributed by atoms with E-state index in [0.717, 1.165) is 12.1 Å². The molecule has 1 aliphatic heterocycles. The van der Waals surface area contributed by atoms with Crippen LogP contribution in [0.2, 0.25) is 0 Å². The molecule has 2 rings (SSSR count). The van der Waals surface area contributed by atoms with Crippen molar-refractivity contribution < 1.29 is 22.8 Å². The minimum absolute atomic E-state index is 0.0754. The number of amides is 2. The molecule has 0 bridgehead atoms. The maximum atomic E-state index is 13.7. The number of likely N-dealkylation sites (tertiary alicyclic amines) is 1. The lowest BCUT2D eigenvalue weighted by Crippen LogP contribution is -2.48. The number of halogens is 3. The normalized spacial score (nSPS) is 16.2. The minimum atomic E-state index is -1.65. The van der Waals surface area contributed by atoms with Gasteiger partial charge in [-0.15, -0.1) is 0 Å². The molecule has 0 saturated carbocycles. The first-order chi connectivity index (χ1) is 11.1. The van der Waals surface area contributed by atoms with Crippen LogP contribution in [0.4, 0.5) is 13.2 Å². The van der Waals surface area contributed by atoms with Gasteiger partial charge in [-0.25, -0.2) is 13.2 Å². The highest BCUT2D eigenvalue weighted by atomic mass is 19.2. The van der Waals surface area contributed by atoms with Gasteiger partial charge in [-0.3, -0.25) is 9.59 Å². The van der Waals surface area contributed by atoms with Crippen molar-refractivity contribution in [3.8, 4) is 0 Å². The third-order valence-corrected chi connectivity index (χ3v) is 3.92. The van der Waals surface area contributed by atoms with Gasteiger partial charge in [0, 0.05) is 24.5 Å². The van der Waals surface area contributed by atoms with Crippen molar-refractivity contribution in [1.29, 1.82) is 0 Å². The average Bonchev–Trinajstić information content (AvgIpc) is 2.51. The summed E-state index contributed by atoms with van der Waals surface area (Å²) in [6, 6.07) is 1.67. The summed E-state index contributed by atoms with van der Waals surface area (Å²) in [4.78, 5) is 25.8. The van der Waals surface area contributed by atoms with Crippen molar-refractivity contribution in [1.82, 2.24) is 10.2 Å². The Morgan fingerprint density at radius 2 is 1.67 bits per heavy atom. The van der Waals surface area contributed by atoms with E-state index in [9.17, 15) is 22.8 Å². The van der Waals surface area contributed by atoms with Gasteiger partial charge >= 0.3 is 0 Å². The van der Waals surface area contributed by atoms with E-state index in [4.69, 9.17) is 0 Å². The van der Waals surface area contributed by atoms with E-state index in [0.29, 0.717) is 12.8 Å². The molecule has 1 saturated heterocycles. The molecule has 1 aliphatic rings. The van der Waals surface area contributed by atoms with Crippen LogP contribution in [-0.2, 0) is 4.79 Å². The van der Waals surface area contributed by atoms with E-state index in [1.807, 2.05) is 20.8 Å². The maximum Gasteiger partial charge on any atom is 0.256 e. The highest BCUT2D eigenvalue weighted by molar-refractivity contribution is 5.94. The van der Waals surface area contributed by atoms with E-state index in [1.165, 1.54) is 4.90 Å². The summed E-state index contributed by atoms with van der Waals surface area (Å²) in [6.45, 7) is 6.18. The first-order valence-electron chi connectivity index (χ1n) is 7.85. The van der Waals surface area contributed by atoms with E-state index in [-0.39, 0.29) is 30.5 Å². The van der Waals surface area contributed by atoms with Crippen LogP contribution in [0.5, 0.6) is 0 Å². The fraction of sp³-hybridized carbons (Fsp3) is 0.529. The molecule has 0 unspecified atom stereocenters. The van der Waals surface area contributed by atoms with Gasteiger partial charge < -0.3 is 10.2 Å². The van der Waals surface area contributed by atoms with Crippen molar-refractivity contribution in [2.75, 3.05) is 13.1 Å². The predicted molar refractivity (Wildman–Crippen MR) is 82.8 cm³/mol. The van der Waals surface area contributed by atoms with Crippen molar-refractivity contribution >= 4 is 11.8 Å². The second-order valence-corrected chi connectivity index (χ2v) is 7.03. The molecule has 1 fully saturated rings. The van der Waals surface area contributed by atoms with E-state index in [2.05, 4.69) is 5.32 Å². The van der Waals surface area contributed by atoms with Crippen molar-refractivity contribution in [3.63, 3.8) is 0 Å². The first kappa shape index (κ1) is 18.3. The highest BCUT2D eigenvalue weighted by Gasteiger charge is 2.31. The standard InChI is InChI=1S/C17H21F3N2O2/c1-17(2,3)21-15(23)10-6-8-22(9-7-10)16(24)11-4-5-12(18)14(20)13(11)19/h4-5,10H,6-9H2,1-3H3,(H,21,23). The van der Waals surface area contributed by atoms with Gasteiger partial charge in [-0.1, -0.05) is 0 Å². The molecule has 1 aromatic carbocycles. The fourth-order valence-corrected chi connectivity index (χ4v) is 2.68. The summed E-state index contributed by atoms with van der Waals surface area (Å²) in [5, 5.41) is 2.89. The molecule has 0 aromatic heterocycles. The average molecular weight is 342 g/mol. The van der Waals surface area contributed by atoms with Gasteiger partial charge in [0.05, 0.1) is 5.56 Å². The molecular formula is C17H21F3N2O2. The van der Waals surface area contributed by atoms with Gasteiger partial charge in [0.1, 0.15) is 0 Å². The Morgan fingerprint density at radius 1 is 1.08 bits per heavy atom. The SMILES string of the molecule is CC(C)(C)NC(=O)C1CCN(C(=O)c2ccc(F)c(F)c2F)CC1. The number of nitrogens with one attached hydrogen (secondary N) is 1. The van der Waals surface area contributed by atoms with Crippen LogP contribution in [0, 0.1) is 23.4 Å². The summed E-state index contributed by atoms with van der Waals surface area (Å²) in [7, 11) is 0. The Hall–Kier alpha value is -2.05. The number of benzene rings is 1. The zero-order valence-corrected chi connectivity index (χ0v) is 14.0. The quantitative estimate of drug-likeness (QED) is 0.840. The van der Waals surface area contributed by atoms with Gasteiger partial charge in [0.2, 0.25) is 5.91 Å². The number of hydrogen-bond acceptors (Lipinski definition) is 2. The summed E-state index contributed by atoms with van der Waals surface area (Å²) < 4.78 is 40.0. The topological polar surface area (TPSA) is 49.4 Å². The molecule has 132 valence electrons. The third-order valence-electron chi connectivity index (χ3n) is 3.92. The van der Waals surface area contributed by atoms with E-state index >= 15 is 0 Å². The molecular weight excluding hydrogens is 321 g/mol. The van der Waals surface area contributed by atoms with E-state index in [1.54, 1.807) is 0 Å². The minimum Gasteiger partial charge on any atom is -0.351 e.